The Labute approximate surface area is 158 Å². The van der Waals surface area contributed by atoms with E-state index in [1.807, 2.05) is 0 Å². The minimum atomic E-state index is -0.650. The minimum absolute atomic E-state index is 0.0570. The lowest BCUT2D eigenvalue weighted by atomic mass is 10.0. The average molecular weight is 379 g/mol. The maximum atomic E-state index is 13.7. The second-order valence-electron chi connectivity index (χ2n) is 7.47. The molecule has 7 nitrogen and oxygen atoms in total. The number of hydrogen-bond donors (Lipinski definition) is 2. The van der Waals surface area contributed by atoms with Crippen molar-refractivity contribution in [1.82, 2.24) is 15.5 Å². The standard InChI is InChI=1S/C19H26FN3O4/c1-19(2,3)27-18(26)21-12-16(24)22-13-8-10-23(11-9-13)17(25)14-6-4-5-7-15(14)20/h4-7,13H,8-12H2,1-3H3,(H,21,26)(H,22,24). The summed E-state index contributed by atoms with van der Waals surface area (Å²) < 4.78 is 18.8. The van der Waals surface area contributed by atoms with Gasteiger partial charge in [0, 0.05) is 19.1 Å². The molecule has 3 amide bonds. The number of rotatable bonds is 4. The molecule has 2 N–H and O–H groups in total. The fourth-order valence-electron chi connectivity index (χ4n) is 2.78. The van der Waals surface area contributed by atoms with Gasteiger partial charge in [0.15, 0.2) is 0 Å². The Morgan fingerprint density at radius 2 is 1.81 bits per heavy atom. The molecule has 1 aromatic carbocycles. The van der Waals surface area contributed by atoms with Crippen LogP contribution in [0.3, 0.4) is 0 Å². The van der Waals surface area contributed by atoms with E-state index in [1.165, 1.54) is 12.1 Å². The Bertz CT molecular complexity index is 694. The van der Waals surface area contributed by atoms with Gasteiger partial charge in [-0.05, 0) is 45.7 Å². The molecule has 8 heteroatoms. The summed E-state index contributed by atoms with van der Waals surface area (Å²) in [6.45, 7) is 5.90. The first-order chi connectivity index (χ1) is 12.7. The molecule has 0 atom stereocenters. The van der Waals surface area contributed by atoms with E-state index < -0.39 is 17.5 Å². The number of benzene rings is 1. The van der Waals surface area contributed by atoms with E-state index in [0.717, 1.165) is 0 Å². The number of piperidine rings is 1. The fraction of sp³-hybridized carbons (Fsp3) is 0.526. The Hall–Kier alpha value is -2.64. The zero-order valence-corrected chi connectivity index (χ0v) is 15.9. The van der Waals surface area contributed by atoms with E-state index in [0.29, 0.717) is 25.9 Å². The van der Waals surface area contributed by atoms with Gasteiger partial charge in [-0.25, -0.2) is 9.18 Å². The first-order valence-corrected chi connectivity index (χ1v) is 8.96. The van der Waals surface area contributed by atoms with Crippen LogP contribution in [0, 0.1) is 5.82 Å². The van der Waals surface area contributed by atoms with Gasteiger partial charge in [0.1, 0.15) is 18.0 Å². The molecule has 0 saturated carbocycles. The van der Waals surface area contributed by atoms with Gasteiger partial charge in [0.05, 0.1) is 5.56 Å². The second kappa shape index (κ2) is 8.83. The molecule has 27 heavy (non-hydrogen) atoms. The summed E-state index contributed by atoms with van der Waals surface area (Å²) in [7, 11) is 0. The quantitative estimate of drug-likeness (QED) is 0.838. The predicted molar refractivity (Wildman–Crippen MR) is 97.7 cm³/mol. The highest BCUT2D eigenvalue weighted by molar-refractivity contribution is 5.94. The van der Waals surface area contributed by atoms with Crippen LogP contribution < -0.4 is 10.6 Å². The van der Waals surface area contributed by atoms with E-state index in [9.17, 15) is 18.8 Å². The van der Waals surface area contributed by atoms with Crippen LogP contribution in [0.25, 0.3) is 0 Å². The van der Waals surface area contributed by atoms with Crippen LogP contribution in [-0.4, -0.2) is 54.1 Å². The van der Waals surface area contributed by atoms with Crippen LogP contribution in [0.1, 0.15) is 44.0 Å². The zero-order valence-electron chi connectivity index (χ0n) is 15.9. The lowest BCUT2D eigenvalue weighted by molar-refractivity contribution is -0.121. The molecule has 148 valence electrons. The van der Waals surface area contributed by atoms with E-state index in [2.05, 4.69) is 10.6 Å². The molecule has 0 radical (unpaired) electrons. The number of carbonyl (C=O) groups excluding carboxylic acids is 3. The van der Waals surface area contributed by atoms with Crippen molar-refractivity contribution < 1.29 is 23.5 Å². The summed E-state index contributed by atoms with van der Waals surface area (Å²) in [5, 5.41) is 5.23. The van der Waals surface area contributed by atoms with E-state index >= 15 is 0 Å². The van der Waals surface area contributed by atoms with Gasteiger partial charge in [-0.15, -0.1) is 0 Å². The highest BCUT2D eigenvalue weighted by atomic mass is 19.1. The first kappa shape index (κ1) is 20.7. The smallest absolute Gasteiger partial charge is 0.408 e. The SMILES string of the molecule is CC(C)(C)OC(=O)NCC(=O)NC1CCN(C(=O)c2ccccc2F)CC1. The van der Waals surface area contributed by atoms with Gasteiger partial charge in [0.25, 0.3) is 5.91 Å². The molecule has 0 bridgehead atoms. The molecular formula is C19H26FN3O4. The molecule has 0 aromatic heterocycles. The summed E-state index contributed by atoms with van der Waals surface area (Å²) in [5.74, 6) is -1.20. The Morgan fingerprint density at radius 3 is 2.41 bits per heavy atom. The van der Waals surface area contributed by atoms with Gasteiger partial charge in [-0.3, -0.25) is 9.59 Å². The van der Waals surface area contributed by atoms with Crippen LogP contribution in [0.2, 0.25) is 0 Å². The van der Waals surface area contributed by atoms with Crippen LogP contribution in [0.15, 0.2) is 24.3 Å². The van der Waals surface area contributed by atoms with Gasteiger partial charge in [-0.2, -0.15) is 0 Å². The Kier molecular flexibility index (Phi) is 6.76. The predicted octanol–water partition coefficient (Wildman–Crippen LogP) is 2.07. The van der Waals surface area contributed by atoms with Crippen LogP contribution in [-0.2, 0) is 9.53 Å². The number of carbonyl (C=O) groups is 3. The maximum Gasteiger partial charge on any atom is 0.408 e. The average Bonchev–Trinajstić information content (AvgIpc) is 2.59. The Balaban J connectivity index is 1.74. The number of alkyl carbamates (subject to hydrolysis) is 1. The van der Waals surface area contributed by atoms with Crippen LogP contribution in [0.5, 0.6) is 0 Å². The van der Waals surface area contributed by atoms with Gasteiger partial charge in [0.2, 0.25) is 5.91 Å². The minimum Gasteiger partial charge on any atom is -0.444 e. The van der Waals surface area contributed by atoms with Crippen molar-refractivity contribution in [2.24, 2.45) is 0 Å². The molecule has 1 aromatic rings. The van der Waals surface area contributed by atoms with Crippen LogP contribution >= 0.6 is 0 Å². The van der Waals surface area contributed by atoms with Crippen molar-refractivity contribution in [3.8, 4) is 0 Å². The second-order valence-corrected chi connectivity index (χ2v) is 7.47. The van der Waals surface area contributed by atoms with Gasteiger partial charge in [-0.1, -0.05) is 12.1 Å². The van der Waals surface area contributed by atoms with Crippen molar-refractivity contribution >= 4 is 17.9 Å². The van der Waals surface area contributed by atoms with E-state index in [4.69, 9.17) is 4.74 Å². The summed E-state index contributed by atoms with van der Waals surface area (Å²) in [5.41, 5.74) is -0.570. The molecule has 1 aliphatic rings. The highest BCUT2D eigenvalue weighted by Gasteiger charge is 2.26. The molecule has 1 heterocycles. The Morgan fingerprint density at radius 1 is 1.19 bits per heavy atom. The normalized spacial score (nSPS) is 15.2. The summed E-state index contributed by atoms with van der Waals surface area (Å²) >= 11 is 0. The number of nitrogens with one attached hydrogen (secondary N) is 2. The van der Waals surface area contributed by atoms with Crippen molar-refractivity contribution in [3.63, 3.8) is 0 Å². The molecule has 1 saturated heterocycles. The summed E-state index contributed by atoms with van der Waals surface area (Å²) in [6.07, 6.45) is 0.486. The molecular weight excluding hydrogens is 353 g/mol. The van der Waals surface area contributed by atoms with Crippen molar-refractivity contribution in [1.29, 1.82) is 0 Å². The molecule has 1 fully saturated rings. The fourth-order valence-corrected chi connectivity index (χ4v) is 2.78. The lowest BCUT2D eigenvalue weighted by Gasteiger charge is -2.32. The third-order valence-electron chi connectivity index (χ3n) is 4.04. The monoisotopic (exact) mass is 379 g/mol. The number of halogens is 1. The lowest BCUT2D eigenvalue weighted by Crippen LogP contribution is -2.49. The van der Waals surface area contributed by atoms with Gasteiger partial charge >= 0.3 is 6.09 Å². The topological polar surface area (TPSA) is 87.7 Å². The molecule has 0 spiro atoms. The number of nitrogens with zero attached hydrogens (tertiary/aromatic N) is 1. The molecule has 1 aliphatic heterocycles. The number of hydrogen-bond acceptors (Lipinski definition) is 4. The first-order valence-electron chi connectivity index (χ1n) is 8.96. The summed E-state index contributed by atoms with van der Waals surface area (Å²) in [4.78, 5) is 37.5. The van der Waals surface area contributed by atoms with Crippen molar-refractivity contribution in [3.05, 3.63) is 35.6 Å². The third kappa shape index (κ3) is 6.54. The zero-order chi connectivity index (χ0) is 20.0. The largest absolute Gasteiger partial charge is 0.444 e. The van der Waals surface area contributed by atoms with Crippen molar-refractivity contribution in [2.45, 2.75) is 45.3 Å². The molecule has 0 unspecified atom stereocenters. The van der Waals surface area contributed by atoms with E-state index in [-0.39, 0.29) is 30.0 Å². The molecule has 0 aliphatic carbocycles. The van der Waals surface area contributed by atoms with Crippen molar-refractivity contribution in [2.75, 3.05) is 19.6 Å². The van der Waals surface area contributed by atoms with E-state index in [1.54, 1.807) is 37.8 Å². The number of amides is 3. The third-order valence-corrected chi connectivity index (χ3v) is 4.04. The maximum absolute atomic E-state index is 13.7. The highest BCUT2D eigenvalue weighted by Crippen LogP contribution is 2.16. The van der Waals surface area contributed by atoms with Crippen LogP contribution in [0.4, 0.5) is 9.18 Å². The summed E-state index contributed by atoms with van der Waals surface area (Å²) in [6, 6.07) is 5.80. The number of ether oxygens (including phenoxy) is 1. The number of likely N-dealkylation sites (tertiary alicyclic amines) is 1. The van der Waals surface area contributed by atoms with Gasteiger partial charge < -0.3 is 20.3 Å². The molecule has 2 rings (SSSR count).